The predicted molar refractivity (Wildman–Crippen MR) is 33.3 cm³/mol. The van der Waals surface area contributed by atoms with Gasteiger partial charge in [-0.3, -0.25) is 15.0 Å². The van der Waals surface area contributed by atoms with Crippen LogP contribution in [0.15, 0.2) is 15.9 Å². The highest BCUT2D eigenvalue weighted by atomic mass is 32.2. The Morgan fingerprint density at radius 2 is 2.00 bits per heavy atom. The van der Waals surface area contributed by atoms with Crippen LogP contribution in [0.5, 0.6) is 0 Å². The van der Waals surface area contributed by atoms with Crippen LogP contribution in [-0.2, 0) is 0 Å². The number of thioether (sulfide) groups is 1. The van der Waals surface area contributed by atoms with Crippen molar-refractivity contribution in [2.75, 3.05) is 0 Å². The van der Waals surface area contributed by atoms with Gasteiger partial charge in [-0.05, 0) is 0 Å². The van der Waals surface area contributed by atoms with E-state index in [9.17, 15) is 18.0 Å². The molecule has 0 spiro atoms. The zero-order chi connectivity index (χ0) is 8.48. The molecule has 0 unspecified atom stereocenters. The lowest BCUT2D eigenvalue weighted by Crippen LogP contribution is -1.98. The van der Waals surface area contributed by atoms with Crippen molar-refractivity contribution in [1.29, 1.82) is 0 Å². The summed E-state index contributed by atoms with van der Waals surface area (Å²) in [7, 11) is 0. The van der Waals surface area contributed by atoms with E-state index in [1.165, 1.54) is 0 Å². The number of alkyl halides is 3. The van der Waals surface area contributed by atoms with E-state index in [0.29, 0.717) is 0 Å². The Kier molecular flexibility index (Phi) is 1.99. The SMILES string of the molecule is O=c1cc(SC(F)(F)F)[nH][nH]1. The molecule has 0 fully saturated rings. The first-order valence-electron chi connectivity index (χ1n) is 2.51. The number of hydrogen-bond donors (Lipinski definition) is 2. The third kappa shape index (κ3) is 2.71. The number of H-pyrrole nitrogens is 2. The molecule has 1 heterocycles. The summed E-state index contributed by atoms with van der Waals surface area (Å²) in [5.74, 6) is 0. The van der Waals surface area contributed by atoms with Crippen LogP contribution in [0.4, 0.5) is 13.2 Å². The van der Waals surface area contributed by atoms with Crippen molar-refractivity contribution in [3.63, 3.8) is 0 Å². The molecule has 0 radical (unpaired) electrons. The maximum Gasteiger partial charge on any atom is 0.447 e. The molecule has 3 nitrogen and oxygen atoms in total. The summed E-state index contributed by atoms with van der Waals surface area (Å²) in [6.07, 6.45) is 0. The second-order valence-corrected chi connectivity index (χ2v) is 2.78. The van der Waals surface area contributed by atoms with Crippen LogP contribution < -0.4 is 5.56 Å². The minimum Gasteiger partial charge on any atom is -0.291 e. The molecule has 0 aliphatic heterocycles. The normalized spacial score (nSPS) is 11.9. The van der Waals surface area contributed by atoms with E-state index in [2.05, 4.69) is 5.10 Å². The van der Waals surface area contributed by atoms with Crippen LogP contribution in [0.25, 0.3) is 0 Å². The van der Waals surface area contributed by atoms with Gasteiger partial charge >= 0.3 is 5.51 Å². The number of nitrogens with one attached hydrogen (secondary N) is 2. The van der Waals surface area contributed by atoms with Crippen LogP contribution in [0.3, 0.4) is 0 Å². The van der Waals surface area contributed by atoms with Gasteiger partial charge in [-0.15, -0.1) is 0 Å². The van der Waals surface area contributed by atoms with E-state index in [0.717, 1.165) is 6.07 Å². The van der Waals surface area contributed by atoms with Gasteiger partial charge in [-0.2, -0.15) is 13.2 Å². The first kappa shape index (κ1) is 8.25. The summed E-state index contributed by atoms with van der Waals surface area (Å²) in [5.41, 5.74) is -4.93. The van der Waals surface area contributed by atoms with Gasteiger partial charge in [0.1, 0.15) is 5.03 Å². The average Bonchev–Trinajstić information content (AvgIpc) is 2.10. The fourth-order valence-electron chi connectivity index (χ4n) is 0.494. The molecule has 1 aromatic rings. The van der Waals surface area contributed by atoms with Gasteiger partial charge in [0.2, 0.25) is 0 Å². The fourth-order valence-corrected chi connectivity index (χ4v) is 1.01. The molecule has 0 aromatic carbocycles. The van der Waals surface area contributed by atoms with Crippen LogP contribution in [0.2, 0.25) is 0 Å². The largest absolute Gasteiger partial charge is 0.447 e. The number of rotatable bonds is 1. The van der Waals surface area contributed by atoms with Crippen LogP contribution >= 0.6 is 11.8 Å². The van der Waals surface area contributed by atoms with E-state index >= 15 is 0 Å². The number of aromatic amines is 2. The minimum absolute atomic E-state index is 0.234. The lowest BCUT2D eigenvalue weighted by Gasteiger charge is -2.00. The van der Waals surface area contributed by atoms with Crippen LogP contribution in [0, 0.1) is 0 Å². The lowest BCUT2D eigenvalue weighted by molar-refractivity contribution is -0.0329. The monoisotopic (exact) mass is 184 g/mol. The van der Waals surface area contributed by atoms with Gasteiger partial charge in [-0.1, -0.05) is 0 Å². The Hall–Kier alpha value is -0.850. The highest BCUT2D eigenvalue weighted by molar-refractivity contribution is 8.00. The Labute approximate surface area is 63.0 Å². The zero-order valence-corrected chi connectivity index (χ0v) is 5.84. The van der Waals surface area contributed by atoms with E-state index < -0.39 is 11.1 Å². The standard InChI is InChI=1S/C4H3F3N2OS/c5-4(6,7)11-3-1-2(10)8-9-3/h1H,(H2,8,9,10). The lowest BCUT2D eigenvalue weighted by atomic mass is 10.7. The average molecular weight is 184 g/mol. The van der Waals surface area contributed by atoms with E-state index in [1.807, 2.05) is 5.10 Å². The maximum absolute atomic E-state index is 11.6. The molecule has 0 saturated carbocycles. The summed E-state index contributed by atoms with van der Waals surface area (Å²) in [6, 6.07) is 0.845. The van der Waals surface area contributed by atoms with Gasteiger partial charge < -0.3 is 0 Å². The summed E-state index contributed by atoms with van der Waals surface area (Å²) >= 11 is -0.365. The van der Waals surface area contributed by atoms with Gasteiger partial charge in [0, 0.05) is 17.8 Å². The van der Waals surface area contributed by atoms with Crippen molar-refractivity contribution in [2.45, 2.75) is 10.5 Å². The molecular weight excluding hydrogens is 181 g/mol. The molecule has 0 bridgehead atoms. The number of hydrogen-bond acceptors (Lipinski definition) is 2. The van der Waals surface area contributed by atoms with Crippen molar-refractivity contribution in [3.05, 3.63) is 16.4 Å². The van der Waals surface area contributed by atoms with E-state index in [1.54, 1.807) is 0 Å². The maximum atomic E-state index is 11.6. The van der Waals surface area contributed by atoms with E-state index in [-0.39, 0.29) is 16.8 Å². The molecule has 1 rings (SSSR count). The third-order valence-electron chi connectivity index (χ3n) is 0.797. The third-order valence-corrected chi connectivity index (χ3v) is 1.47. The number of aromatic nitrogens is 2. The van der Waals surface area contributed by atoms with E-state index in [4.69, 9.17) is 0 Å². The molecule has 11 heavy (non-hydrogen) atoms. The first-order valence-corrected chi connectivity index (χ1v) is 3.32. The second-order valence-electron chi connectivity index (χ2n) is 1.67. The highest BCUT2D eigenvalue weighted by Crippen LogP contribution is 2.34. The molecule has 0 amide bonds. The molecule has 0 aliphatic carbocycles. The Bertz CT molecular complexity index is 288. The predicted octanol–water partition coefficient (Wildman–Crippen LogP) is 1.31. The van der Waals surface area contributed by atoms with Crippen molar-refractivity contribution >= 4 is 11.8 Å². The molecule has 1 aromatic heterocycles. The van der Waals surface area contributed by atoms with Crippen molar-refractivity contribution in [2.24, 2.45) is 0 Å². The minimum atomic E-state index is -4.36. The van der Waals surface area contributed by atoms with Crippen molar-refractivity contribution < 1.29 is 13.2 Å². The topological polar surface area (TPSA) is 48.6 Å². The first-order chi connectivity index (χ1) is 4.97. The molecule has 2 N–H and O–H groups in total. The molecule has 62 valence electrons. The van der Waals surface area contributed by atoms with Crippen molar-refractivity contribution in [1.82, 2.24) is 10.2 Å². The second kappa shape index (κ2) is 2.65. The van der Waals surface area contributed by atoms with Crippen LogP contribution in [-0.4, -0.2) is 15.7 Å². The Morgan fingerprint density at radius 1 is 1.36 bits per heavy atom. The van der Waals surface area contributed by atoms with Crippen LogP contribution in [0.1, 0.15) is 0 Å². The number of halogens is 3. The smallest absolute Gasteiger partial charge is 0.291 e. The quantitative estimate of drug-likeness (QED) is 0.646. The van der Waals surface area contributed by atoms with Gasteiger partial charge in [0.15, 0.2) is 0 Å². The summed E-state index contributed by atoms with van der Waals surface area (Å²) in [6.45, 7) is 0. The Morgan fingerprint density at radius 3 is 2.36 bits per heavy atom. The molecular formula is C4H3F3N2OS. The molecule has 0 atom stereocenters. The van der Waals surface area contributed by atoms with Crippen molar-refractivity contribution in [3.8, 4) is 0 Å². The highest BCUT2D eigenvalue weighted by Gasteiger charge is 2.29. The van der Waals surface area contributed by atoms with Gasteiger partial charge in [-0.25, -0.2) is 0 Å². The zero-order valence-electron chi connectivity index (χ0n) is 5.03. The van der Waals surface area contributed by atoms with Gasteiger partial charge in [0.05, 0.1) is 0 Å². The molecule has 0 saturated heterocycles. The fraction of sp³-hybridized carbons (Fsp3) is 0.250. The molecule has 7 heteroatoms. The molecule has 0 aliphatic rings. The summed E-state index contributed by atoms with van der Waals surface area (Å²) in [5, 5.41) is 3.82. The summed E-state index contributed by atoms with van der Waals surface area (Å²) < 4.78 is 34.7. The summed E-state index contributed by atoms with van der Waals surface area (Å²) in [4.78, 5) is 10.3. The van der Waals surface area contributed by atoms with Gasteiger partial charge in [0.25, 0.3) is 5.56 Å². The Balaban J connectivity index is 2.73.